The highest BCUT2D eigenvalue weighted by Gasteiger charge is 2.27. The molecule has 0 spiro atoms. The summed E-state index contributed by atoms with van der Waals surface area (Å²) >= 11 is 0. The van der Waals surface area contributed by atoms with Gasteiger partial charge in [-0.1, -0.05) is 5.16 Å². The second-order valence-electron chi connectivity index (χ2n) is 4.74. The summed E-state index contributed by atoms with van der Waals surface area (Å²) in [6, 6.07) is -0.877. The topological polar surface area (TPSA) is 113 Å². The average Bonchev–Trinajstić information content (AvgIpc) is 2.74. The highest BCUT2D eigenvalue weighted by molar-refractivity contribution is 7.89. The van der Waals surface area contributed by atoms with Crippen LogP contribution >= 0.6 is 0 Å². The first-order valence-electron chi connectivity index (χ1n) is 6.67. The average molecular weight is 318 g/mol. The third-order valence-corrected chi connectivity index (χ3v) is 4.65. The normalized spacial score (nSPS) is 13.1. The summed E-state index contributed by atoms with van der Waals surface area (Å²) in [5, 5.41) is 9.23. The number of carbonyl (C=O) groups excluding carboxylic acids is 1. The predicted molar refractivity (Wildman–Crippen MR) is 77.3 cm³/mol. The first kappa shape index (κ1) is 17.6. The highest BCUT2D eigenvalue weighted by Crippen LogP contribution is 2.18. The Kier molecular flexibility index (Phi) is 6.31. The SMILES string of the molecule is CNCCCNC(=O)C(C)NS(=O)(=O)c1c(C)noc1C. The zero-order chi connectivity index (χ0) is 16.0. The zero-order valence-electron chi connectivity index (χ0n) is 12.7. The highest BCUT2D eigenvalue weighted by atomic mass is 32.2. The number of aromatic nitrogens is 1. The number of nitrogens with zero attached hydrogens (tertiary/aromatic N) is 1. The molecule has 1 unspecified atom stereocenters. The lowest BCUT2D eigenvalue weighted by Gasteiger charge is -2.14. The number of carbonyl (C=O) groups is 1. The van der Waals surface area contributed by atoms with Crippen molar-refractivity contribution in [2.24, 2.45) is 0 Å². The van der Waals surface area contributed by atoms with Gasteiger partial charge < -0.3 is 15.2 Å². The molecule has 0 aliphatic heterocycles. The molecule has 1 aromatic heterocycles. The first-order valence-corrected chi connectivity index (χ1v) is 8.15. The van der Waals surface area contributed by atoms with Crippen LogP contribution in [-0.4, -0.2) is 45.7 Å². The molecule has 1 aromatic rings. The minimum Gasteiger partial charge on any atom is -0.360 e. The lowest BCUT2D eigenvalue weighted by atomic mass is 10.3. The fourth-order valence-corrected chi connectivity index (χ4v) is 3.37. The van der Waals surface area contributed by atoms with E-state index in [0.29, 0.717) is 6.54 Å². The molecule has 1 heterocycles. The van der Waals surface area contributed by atoms with Gasteiger partial charge in [0.2, 0.25) is 15.9 Å². The number of nitrogens with one attached hydrogen (secondary N) is 3. The molecule has 0 aromatic carbocycles. The molecule has 3 N–H and O–H groups in total. The van der Waals surface area contributed by atoms with E-state index < -0.39 is 16.1 Å². The Morgan fingerprint density at radius 2 is 2.00 bits per heavy atom. The van der Waals surface area contributed by atoms with E-state index in [9.17, 15) is 13.2 Å². The van der Waals surface area contributed by atoms with E-state index >= 15 is 0 Å². The van der Waals surface area contributed by atoms with Gasteiger partial charge in [0.25, 0.3) is 0 Å². The number of rotatable bonds is 8. The minimum absolute atomic E-state index is 0.0164. The number of aryl methyl sites for hydroxylation is 2. The Morgan fingerprint density at radius 1 is 1.33 bits per heavy atom. The minimum atomic E-state index is -3.84. The van der Waals surface area contributed by atoms with Gasteiger partial charge in [-0.05, 0) is 40.8 Å². The van der Waals surface area contributed by atoms with Crippen LogP contribution < -0.4 is 15.4 Å². The Labute approximate surface area is 124 Å². The predicted octanol–water partition coefficient (Wildman–Crippen LogP) is -0.316. The lowest BCUT2D eigenvalue weighted by Crippen LogP contribution is -2.45. The molecule has 0 saturated heterocycles. The summed E-state index contributed by atoms with van der Waals surface area (Å²) in [7, 11) is -2.02. The largest absolute Gasteiger partial charge is 0.360 e. The molecule has 9 heteroatoms. The summed E-state index contributed by atoms with van der Waals surface area (Å²) in [6.45, 7) is 5.80. The molecule has 0 aliphatic carbocycles. The summed E-state index contributed by atoms with van der Waals surface area (Å²) in [5.41, 5.74) is 0.265. The van der Waals surface area contributed by atoms with E-state index in [1.54, 1.807) is 0 Å². The summed E-state index contributed by atoms with van der Waals surface area (Å²) in [5.74, 6) is -0.178. The number of hydrogen-bond acceptors (Lipinski definition) is 6. The molecule has 0 aliphatic rings. The van der Waals surface area contributed by atoms with Crippen LogP contribution in [0.5, 0.6) is 0 Å². The third kappa shape index (κ3) is 4.80. The van der Waals surface area contributed by atoms with Crippen LogP contribution in [0.3, 0.4) is 0 Å². The summed E-state index contributed by atoms with van der Waals surface area (Å²) in [4.78, 5) is 11.8. The molecule has 0 bridgehead atoms. The van der Waals surface area contributed by atoms with Crippen LogP contribution in [0.25, 0.3) is 0 Å². The van der Waals surface area contributed by atoms with E-state index in [0.717, 1.165) is 13.0 Å². The van der Waals surface area contributed by atoms with Crippen LogP contribution in [0.4, 0.5) is 0 Å². The molecular formula is C12H22N4O4S. The fraction of sp³-hybridized carbons (Fsp3) is 0.667. The Morgan fingerprint density at radius 3 is 2.52 bits per heavy atom. The molecule has 21 heavy (non-hydrogen) atoms. The Bertz CT molecular complexity index is 563. The maximum Gasteiger partial charge on any atom is 0.246 e. The van der Waals surface area contributed by atoms with Crippen molar-refractivity contribution in [1.29, 1.82) is 0 Å². The van der Waals surface area contributed by atoms with Crippen LogP contribution in [0.15, 0.2) is 9.42 Å². The monoisotopic (exact) mass is 318 g/mol. The van der Waals surface area contributed by atoms with E-state index in [4.69, 9.17) is 4.52 Å². The van der Waals surface area contributed by atoms with Gasteiger partial charge >= 0.3 is 0 Å². The standard InChI is InChI=1S/C12H22N4O4S/c1-8-11(10(3)20-15-8)21(18,19)16-9(2)12(17)14-7-5-6-13-4/h9,13,16H,5-7H2,1-4H3,(H,14,17). The molecular weight excluding hydrogens is 296 g/mol. The van der Waals surface area contributed by atoms with E-state index in [2.05, 4.69) is 20.5 Å². The van der Waals surface area contributed by atoms with Gasteiger partial charge in [0.05, 0.1) is 6.04 Å². The lowest BCUT2D eigenvalue weighted by molar-refractivity contribution is -0.122. The van der Waals surface area contributed by atoms with E-state index in [1.807, 2.05) is 7.05 Å². The van der Waals surface area contributed by atoms with E-state index in [-0.39, 0.29) is 22.3 Å². The smallest absolute Gasteiger partial charge is 0.246 e. The third-order valence-electron chi connectivity index (χ3n) is 2.86. The van der Waals surface area contributed by atoms with Gasteiger partial charge in [0.1, 0.15) is 10.6 Å². The van der Waals surface area contributed by atoms with Gasteiger partial charge in [0.15, 0.2) is 5.76 Å². The Balaban J connectivity index is 2.65. The van der Waals surface area contributed by atoms with Crippen molar-refractivity contribution in [1.82, 2.24) is 20.5 Å². The number of amides is 1. The van der Waals surface area contributed by atoms with Crippen LogP contribution in [-0.2, 0) is 14.8 Å². The van der Waals surface area contributed by atoms with Gasteiger partial charge in [-0.25, -0.2) is 8.42 Å². The molecule has 1 atom stereocenters. The summed E-state index contributed by atoms with van der Waals surface area (Å²) in [6.07, 6.45) is 0.769. The fourth-order valence-electron chi connectivity index (χ4n) is 1.83. The van der Waals surface area contributed by atoms with Crippen molar-refractivity contribution >= 4 is 15.9 Å². The molecule has 0 saturated carbocycles. The number of sulfonamides is 1. The second-order valence-corrected chi connectivity index (χ2v) is 6.40. The van der Waals surface area contributed by atoms with Crippen molar-refractivity contribution in [3.63, 3.8) is 0 Å². The first-order chi connectivity index (χ1) is 9.79. The molecule has 0 fully saturated rings. The second kappa shape index (κ2) is 7.53. The van der Waals surface area contributed by atoms with Crippen molar-refractivity contribution < 1.29 is 17.7 Å². The van der Waals surface area contributed by atoms with Crippen molar-refractivity contribution in [2.75, 3.05) is 20.1 Å². The quantitative estimate of drug-likeness (QED) is 0.566. The molecule has 120 valence electrons. The molecule has 1 amide bonds. The maximum atomic E-state index is 12.2. The van der Waals surface area contributed by atoms with Gasteiger partial charge in [-0.15, -0.1) is 0 Å². The van der Waals surface area contributed by atoms with Gasteiger partial charge in [0, 0.05) is 6.54 Å². The van der Waals surface area contributed by atoms with Gasteiger partial charge in [-0.2, -0.15) is 4.72 Å². The molecule has 1 rings (SSSR count). The van der Waals surface area contributed by atoms with Crippen LogP contribution in [0, 0.1) is 13.8 Å². The van der Waals surface area contributed by atoms with Crippen molar-refractivity contribution in [2.45, 2.75) is 38.1 Å². The molecule has 8 nitrogen and oxygen atoms in total. The number of hydrogen-bond donors (Lipinski definition) is 3. The van der Waals surface area contributed by atoms with Crippen LogP contribution in [0.1, 0.15) is 24.8 Å². The van der Waals surface area contributed by atoms with Crippen molar-refractivity contribution in [3.8, 4) is 0 Å². The maximum absolute atomic E-state index is 12.2. The van der Waals surface area contributed by atoms with E-state index in [1.165, 1.54) is 20.8 Å². The zero-order valence-corrected chi connectivity index (χ0v) is 13.5. The Hall–Kier alpha value is -1.45. The molecule has 0 radical (unpaired) electrons. The van der Waals surface area contributed by atoms with Crippen molar-refractivity contribution in [3.05, 3.63) is 11.5 Å². The van der Waals surface area contributed by atoms with Gasteiger partial charge in [-0.3, -0.25) is 4.79 Å². The van der Waals surface area contributed by atoms with Crippen LogP contribution in [0.2, 0.25) is 0 Å². The summed E-state index contributed by atoms with van der Waals surface area (Å²) < 4.78 is 31.6.